The van der Waals surface area contributed by atoms with E-state index in [1.165, 1.54) is 0 Å². The van der Waals surface area contributed by atoms with E-state index in [0.29, 0.717) is 24.6 Å². The van der Waals surface area contributed by atoms with Crippen molar-refractivity contribution in [2.45, 2.75) is 19.1 Å². The van der Waals surface area contributed by atoms with E-state index in [2.05, 4.69) is 10.4 Å². The van der Waals surface area contributed by atoms with Gasteiger partial charge in [-0.2, -0.15) is 5.10 Å². The molecule has 1 aromatic heterocycles. The highest BCUT2D eigenvalue weighted by Gasteiger charge is 2.33. The lowest BCUT2D eigenvalue weighted by molar-refractivity contribution is 0.1000. The highest BCUT2D eigenvalue weighted by molar-refractivity contribution is 5.90. The van der Waals surface area contributed by atoms with Crippen molar-refractivity contribution in [1.29, 1.82) is 0 Å². The molecule has 1 aliphatic heterocycles. The highest BCUT2D eigenvalue weighted by Crippen LogP contribution is 2.24. The molecule has 0 spiro atoms. The first-order valence-electron chi connectivity index (χ1n) is 8.15. The molecule has 0 bridgehead atoms. The Balaban J connectivity index is 1.81. The fourth-order valence-corrected chi connectivity index (χ4v) is 2.88. The third-order valence-corrected chi connectivity index (χ3v) is 4.17. The van der Waals surface area contributed by atoms with Gasteiger partial charge in [-0.05, 0) is 19.1 Å². The van der Waals surface area contributed by atoms with Crippen LogP contribution in [0.25, 0.3) is 5.69 Å². The molecule has 1 aliphatic rings. The summed E-state index contributed by atoms with van der Waals surface area (Å²) in [4.78, 5) is 14.2. The van der Waals surface area contributed by atoms with E-state index in [4.69, 9.17) is 9.47 Å². The number of hydrogen-bond donors (Lipinski definition) is 2. The number of aliphatic hydroxyl groups is 1. The normalized spacial score (nSPS) is 19.6. The van der Waals surface area contributed by atoms with Crippen molar-refractivity contribution in [3.05, 3.63) is 36.7 Å². The quantitative estimate of drug-likeness (QED) is 0.856. The number of nitrogens with zero attached hydrogens (tertiary/aromatic N) is 3. The third-order valence-electron chi connectivity index (χ3n) is 4.17. The second-order valence-electron chi connectivity index (χ2n) is 5.76. The molecule has 0 aliphatic carbocycles. The van der Waals surface area contributed by atoms with Gasteiger partial charge in [0.2, 0.25) is 0 Å². The molecule has 0 radical (unpaired) electrons. The predicted octanol–water partition coefficient (Wildman–Crippen LogP) is 1.49. The minimum Gasteiger partial charge on any atom is -0.497 e. The van der Waals surface area contributed by atoms with Crippen molar-refractivity contribution in [2.75, 3.05) is 32.2 Å². The number of benzene rings is 1. The number of methoxy groups -OCH3 is 1. The number of carbonyl (C=O) groups is 1. The summed E-state index contributed by atoms with van der Waals surface area (Å²) in [6.45, 7) is 2.91. The number of hydrogen-bond acceptors (Lipinski definition) is 5. The Kier molecular flexibility index (Phi) is 5.20. The molecule has 2 heterocycles. The average Bonchev–Trinajstić information content (AvgIpc) is 3.28. The summed E-state index contributed by atoms with van der Waals surface area (Å²) in [6.07, 6.45) is 2.82. The summed E-state index contributed by atoms with van der Waals surface area (Å²) >= 11 is 0. The zero-order valence-electron chi connectivity index (χ0n) is 14.3. The molecule has 134 valence electrons. The van der Waals surface area contributed by atoms with Gasteiger partial charge in [0.1, 0.15) is 5.75 Å². The lowest BCUT2D eigenvalue weighted by Crippen LogP contribution is -2.48. The molecule has 2 aromatic rings. The van der Waals surface area contributed by atoms with Crippen molar-refractivity contribution in [1.82, 2.24) is 14.7 Å². The maximum absolute atomic E-state index is 12.7. The van der Waals surface area contributed by atoms with Crippen LogP contribution in [0.5, 0.6) is 5.75 Å². The molecule has 1 fully saturated rings. The number of nitrogens with one attached hydrogen (secondary N) is 1. The summed E-state index contributed by atoms with van der Waals surface area (Å²) in [5, 5.41) is 17.0. The van der Waals surface area contributed by atoms with Gasteiger partial charge in [0.15, 0.2) is 0 Å². The van der Waals surface area contributed by atoms with E-state index in [1.807, 2.05) is 31.3 Å². The number of anilines is 1. The Morgan fingerprint density at radius 1 is 1.48 bits per heavy atom. The van der Waals surface area contributed by atoms with E-state index in [0.717, 1.165) is 5.69 Å². The molecule has 25 heavy (non-hydrogen) atoms. The Morgan fingerprint density at radius 3 is 2.92 bits per heavy atom. The van der Waals surface area contributed by atoms with Crippen LogP contribution in [0.1, 0.15) is 6.92 Å². The van der Waals surface area contributed by atoms with Crippen LogP contribution >= 0.6 is 0 Å². The maximum atomic E-state index is 12.7. The number of aromatic nitrogens is 2. The van der Waals surface area contributed by atoms with Crippen LogP contribution < -0.4 is 10.1 Å². The molecular formula is C17H22N4O4. The van der Waals surface area contributed by atoms with Gasteiger partial charge in [-0.3, -0.25) is 0 Å². The zero-order chi connectivity index (χ0) is 17.8. The van der Waals surface area contributed by atoms with Crippen LogP contribution in [0.15, 0.2) is 36.7 Å². The van der Waals surface area contributed by atoms with Crippen molar-refractivity contribution >= 4 is 11.7 Å². The minimum atomic E-state index is -0.671. The van der Waals surface area contributed by atoms with Gasteiger partial charge in [-0.15, -0.1) is 0 Å². The molecule has 2 atom stereocenters. The van der Waals surface area contributed by atoms with Gasteiger partial charge in [0.25, 0.3) is 0 Å². The van der Waals surface area contributed by atoms with Gasteiger partial charge in [-0.1, -0.05) is 0 Å². The van der Waals surface area contributed by atoms with Crippen LogP contribution in [0.2, 0.25) is 0 Å². The van der Waals surface area contributed by atoms with Crippen molar-refractivity contribution in [2.24, 2.45) is 0 Å². The first kappa shape index (κ1) is 17.2. The monoisotopic (exact) mass is 346 g/mol. The maximum Gasteiger partial charge on any atom is 0.322 e. The van der Waals surface area contributed by atoms with Crippen molar-refractivity contribution in [3.8, 4) is 11.4 Å². The molecule has 2 amide bonds. The number of amides is 2. The zero-order valence-corrected chi connectivity index (χ0v) is 14.3. The minimum absolute atomic E-state index is 0.247. The number of carbonyl (C=O) groups excluding carboxylic acids is 1. The highest BCUT2D eigenvalue weighted by atomic mass is 16.5. The topological polar surface area (TPSA) is 88.9 Å². The Labute approximate surface area is 146 Å². The van der Waals surface area contributed by atoms with Crippen LogP contribution in [0, 0.1) is 0 Å². The van der Waals surface area contributed by atoms with Gasteiger partial charge in [0, 0.05) is 36.8 Å². The summed E-state index contributed by atoms with van der Waals surface area (Å²) in [7, 11) is 1.57. The molecule has 8 heteroatoms. The number of aliphatic hydroxyl groups excluding tert-OH is 1. The van der Waals surface area contributed by atoms with Gasteiger partial charge >= 0.3 is 6.03 Å². The lowest BCUT2D eigenvalue weighted by Gasteiger charge is -2.29. The van der Waals surface area contributed by atoms with Crippen molar-refractivity contribution < 1.29 is 19.4 Å². The SMILES string of the molecule is CCN(C(=O)Nc1cc(OC)cc(-n2cccn2)c1)[C@@H]1COC[C@H]1O. The lowest BCUT2D eigenvalue weighted by atomic mass is 10.2. The van der Waals surface area contributed by atoms with Gasteiger partial charge in [0.05, 0.1) is 38.2 Å². The standard InChI is InChI=1S/C17H22N4O4/c1-3-20(15-10-25-11-16(15)22)17(23)19-12-7-13(9-14(8-12)24-2)21-6-4-5-18-21/h4-9,15-16,22H,3,10-11H2,1-2H3,(H,19,23)/t15-,16-/m1/s1. The average molecular weight is 346 g/mol. The summed E-state index contributed by atoms with van der Waals surface area (Å²) in [5.41, 5.74) is 1.36. The number of ether oxygens (including phenoxy) is 2. The number of likely N-dealkylation sites (N-methyl/N-ethyl adjacent to an activating group) is 1. The molecular weight excluding hydrogens is 324 g/mol. The van der Waals surface area contributed by atoms with E-state index >= 15 is 0 Å². The van der Waals surface area contributed by atoms with Crippen LogP contribution in [0.4, 0.5) is 10.5 Å². The Morgan fingerprint density at radius 2 is 2.32 bits per heavy atom. The summed E-state index contributed by atoms with van der Waals surface area (Å²) < 4.78 is 12.3. The number of urea groups is 1. The Bertz CT molecular complexity index is 719. The van der Waals surface area contributed by atoms with Crippen LogP contribution in [-0.2, 0) is 4.74 Å². The fourth-order valence-electron chi connectivity index (χ4n) is 2.88. The van der Waals surface area contributed by atoms with E-state index in [9.17, 15) is 9.90 Å². The first-order chi connectivity index (χ1) is 12.1. The Hall–Kier alpha value is -2.58. The van der Waals surface area contributed by atoms with Crippen LogP contribution in [-0.4, -0.2) is 64.8 Å². The molecule has 0 unspecified atom stereocenters. The second-order valence-corrected chi connectivity index (χ2v) is 5.76. The molecule has 2 N–H and O–H groups in total. The second kappa shape index (κ2) is 7.54. The first-order valence-corrected chi connectivity index (χ1v) is 8.15. The number of rotatable bonds is 5. The van der Waals surface area contributed by atoms with Crippen molar-refractivity contribution in [3.63, 3.8) is 0 Å². The fraction of sp³-hybridized carbons (Fsp3) is 0.412. The van der Waals surface area contributed by atoms with Crippen LogP contribution in [0.3, 0.4) is 0 Å². The molecule has 8 nitrogen and oxygen atoms in total. The summed E-state index contributed by atoms with van der Waals surface area (Å²) in [5.74, 6) is 0.607. The molecule has 3 rings (SSSR count). The molecule has 1 aromatic carbocycles. The van der Waals surface area contributed by atoms with E-state index in [1.54, 1.807) is 29.0 Å². The molecule has 1 saturated heterocycles. The molecule has 0 saturated carbocycles. The van der Waals surface area contributed by atoms with E-state index in [-0.39, 0.29) is 18.7 Å². The van der Waals surface area contributed by atoms with Gasteiger partial charge in [-0.25, -0.2) is 9.48 Å². The van der Waals surface area contributed by atoms with E-state index < -0.39 is 6.10 Å². The third kappa shape index (κ3) is 3.75. The smallest absolute Gasteiger partial charge is 0.322 e. The van der Waals surface area contributed by atoms with Gasteiger partial charge < -0.3 is 24.8 Å². The largest absolute Gasteiger partial charge is 0.497 e. The summed E-state index contributed by atoms with van der Waals surface area (Å²) in [6, 6.07) is 6.55. The predicted molar refractivity (Wildman–Crippen MR) is 92.1 cm³/mol.